The van der Waals surface area contributed by atoms with E-state index in [0.29, 0.717) is 0 Å². The zero-order valence-electron chi connectivity index (χ0n) is 43.5. The van der Waals surface area contributed by atoms with Crippen LogP contribution in [0.25, 0.3) is 30.4 Å². The molecule has 0 radical (unpaired) electrons. The van der Waals surface area contributed by atoms with Gasteiger partial charge in [-0.3, -0.25) is 0 Å². The highest BCUT2D eigenvalue weighted by Gasteiger charge is 2.27. The quantitative estimate of drug-likeness (QED) is 0.0393. The molecule has 0 aliphatic carbocycles. The Morgan fingerprint density at radius 3 is 1.12 bits per heavy atom. The molecule has 3 aliphatic rings. The Balaban J connectivity index is 0.928. The van der Waals surface area contributed by atoms with Gasteiger partial charge in [-0.1, -0.05) is 238 Å². The van der Waals surface area contributed by atoms with Crippen LogP contribution >= 0.6 is 35.3 Å². The molecule has 0 aromatic heterocycles. The van der Waals surface area contributed by atoms with Gasteiger partial charge in [0.25, 0.3) is 0 Å². The Morgan fingerprint density at radius 2 is 0.694 bits per heavy atom. The Bertz CT molecular complexity index is 2820. The van der Waals surface area contributed by atoms with E-state index in [1.807, 2.05) is 41.4 Å². The molecule has 3 aliphatic heterocycles. The SMILES string of the molecule is C=Cc1cccc2c1Sc1cc(/C=C/c3ccc4c(c3)Sc3cc(/C=C/c5ccc6c(c5)Sc5ccccc5N6CCCCCCCC)ccc3N4CCCCCCCC)ccc1N2CCCCCCCC. The summed E-state index contributed by atoms with van der Waals surface area (Å²) in [5.41, 5.74) is 14.1. The minimum absolute atomic E-state index is 1.03. The Kier molecular flexibility index (Phi) is 18.9. The van der Waals surface area contributed by atoms with E-state index in [-0.39, 0.29) is 0 Å². The van der Waals surface area contributed by atoms with Crippen molar-refractivity contribution in [2.45, 2.75) is 166 Å². The predicted octanol–water partition coefficient (Wildman–Crippen LogP) is 21.6. The molecule has 3 nitrogen and oxygen atoms in total. The van der Waals surface area contributed by atoms with Gasteiger partial charge in [0, 0.05) is 49.0 Å². The van der Waals surface area contributed by atoms with Gasteiger partial charge in [-0.2, -0.15) is 0 Å². The highest BCUT2D eigenvalue weighted by atomic mass is 32.2. The largest absolute Gasteiger partial charge is 0.340 e. The average Bonchev–Trinajstić information content (AvgIpc) is 3.41. The van der Waals surface area contributed by atoms with Crippen LogP contribution in [-0.2, 0) is 0 Å². The van der Waals surface area contributed by atoms with Crippen LogP contribution < -0.4 is 14.7 Å². The van der Waals surface area contributed by atoms with Crippen molar-refractivity contribution in [2.75, 3.05) is 34.3 Å². The lowest BCUT2D eigenvalue weighted by atomic mass is 10.1. The highest BCUT2D eigenvalue weighted by Crippen LogP contribution is 2.52. The molecule has 0 N–H and O–H groups in total. The summed E-state index contributed by atoms with van der Waals surface area (Å²) in [4.78, 5) is 15.7. The van der Waals surface area contributed by atoms with E-state index < -0.39 is 0 Å². The molecule has 0 spiro atoms. The fraction of sp³-hybridized carbons (Fsp3) is 0.364. The fourth-order valence-corrected chi connectivity index (χ4v) is 14.1. The van der Waals surface area contributed by atoms with Gasteiger partial charge in [-0.25, -0.2) is 0 Å². The van der Waals surface area contributed by atoms with Crippen LogP contribution in [0.1, 0.15) is 164 Å². The first-order chi connectivity index (χ1) is 35.5. The van der Waals surface area contributed by atoms with Crippen LogP contribution in [0.2, 0.25) is 0 Å². The third kappa shape index (κ3) is 12.8. The number of anilines is 6. The topological polar surface area (TPSA) is 9.72 Å². The first kappa shape index (κ1) is 51.9. The van der Waals surface area contributed by atoms with Crippen LogP contribution in [0.15, 0.2) is 151 Å². The summed E-state index contributed by atoms with van der Waals surface area (Å²) < 4.78 is 0. The maximum Gasteiger partial charge on any atom is 0.0558 e. The first-order valence-corrected chi connectivity index (χ1v) is 30.1. The summed E-state index contributed by atoms with van der Waals surface area (Å²) in [5.74, 6) is 0. The molecule has 6 aromatic rings. The van der Waals surface area contributed by atoms with Crippen molar-refractivity contribution in [2.24, 2.45) is 0 Å². The van der Waals surface area contributed by atoms with Crippen molar-refractivity contribution in [3.63, 3.8) is 0 Å². The molecule has 3 heterocycles. The van der Waals surface area contributed by atoms with Gasteiger partial charge < -0.3 is 14.7 Å². The first-order valence-electron chi connectivity index (χ1n) is 27.7. The number of nitrogens with zero attached hydrogens (tertiary/aromatic N) is 3. The van der Waals surface area contributed by atoms with E-state index in [1.165, 1.54) is 207 Å². The maximum atomic E-state index is 4.18. The zero-order chi connectivity index (χ0) is 49.5. The minimum atomic E-state index is 1.03. The molecular weight excluding hydrogens is 931 g/mol. The molecule has 0 unspecified atom stereocenters. The van der Waals surface area contributed by atoms with Crippen molar-refractivity contribution < 1.29 is 0 Å². The molecular formula is C66H77N3S3. The van der Waals surface area contributed by atoms with Crippen molar-refractivity contribution in [3.8, 4) is 0 Å². The van der Waals surface area contributed by atoms with Crippen LogP contribution in [0.5, 0.6) is 0 Å². The highest BCUT2D eigenvalue weighted by molar-refractivity contribution is 8.00. The molecule has 0 saturated heterocycles. The predicted molar refractivity (Wildman–Crippen MR) is 320 cm³/mol. The molecule has 0 saturated carbocycles. The molecule has 0 fully saturated rings. The summed E-state index contributed by atoms with van der Waals surface area (Å²) in [6.45, 7) is 14.2. The van der Waals surface area contributed by atoms with Gasteiger partial charge in [0.1, 0.15) is 0 Å². The van der Waals surface area contributed by atoms with Gasteiger partial charge >= 0.3 is 0 Å². The number of hydrogen-bond acceptors (Lipinski definition) is 6. The second-order valence-electron chi connectivity index (χ2n) is 20.0. The second kappa shape index (κ2) is 26.3. The Hall–Kier alpha value is -5.01. The fourth-order valence-electron chi connectivity index (χ4n) is 10.5. The number of rotatable bonds is 26. The molecule has 6 aromatic carbocycles. The smallest absolute Gasteiger partial charge is 0.0558 e. The molecule has 374 valence electrons. The number of para-hydroxylation sites is 1. The van der Waals surface area contributed by atoms with Crippen molar-refractivity contribution >= 4 is 99.8 Å². The minimum Gasteiger partial charge on any atom is -0.340 e. The lowest BCUT2D eigenvalue weighted by molar-refractivity contribution is 0.608. The summed E-state index contributed by atoms with van der Waals surface area (Å²) in [6.07, 6.45) is 34.6. The normalized spacial score (nSPS) is 13.5. The van der Waals surface area contributed by atoms with Crippen LogP contribution in [0.4, 0.5) is 34.1 Å². The van der Waals surface area contributed by atoms with Gasteiger partial charge in [0.05, 0.1) is 34.1 Å². The number of fused-ring (bicyclic) bond motifs is 6. The van der Waals surface area contributed by atoms with E-state index >= 15 is 0 Å². The van der Waals surface area contributed by atoms with E-state index in [2.05, 4.69) is 182 Å². The van der Waals surface area contributed by atoms with Crippen molar-refractivity contribution in [1.29, 1.82) is 0 Å². The van der Waals surface area contributed by atoms with Gasteiger partial charge in [0.15, 0.2) is 0 Å². The molecule has 0 atom stereocenters. The third-order valence-electron chi connectivity index (χ3n) is 14.6. The second-order valence-corrected chi connectivity index (χ2v) is 23.2. The van der Waals surface area contributed by atoms with Crippen molar-refractivity contribution in [1.82, 2.24) is 0 Å². The molecule has 72 heavy (non-hydrogen) atoms. The Labute approximate surface area is 446 Å². The third-order valence-corrected chi connectivity index (χ3v) is 18.0. The van der Waals surface area contributed by atoms with Gasteiger partial charge in [0.2, 0.25) is 0 Å². The van der Waals surface area contributed by atoms with E-state index in [1.54, 1.807) is 0 Å². The van der Waals surface area contributed by atoms with Gasteiger partial charge in [-0.15, -0.1) is 0 Å². The van der Waals surface area contributed by atoms with Gasteiger partial charge in [-0.05, 0) is 114 Å². The summed E-state index contributed by atoms with van der Waals surface area (Å²) in [7, 11) is 0. The van der Waals surface area contributed by atoms with E-state index in [4.69, 9.17) is 0 Å². The maximum absolute atomic E-state index is 4.18. The Morgan fingerprint density at radius 1 is 0.347 bits per heavy atom. The summed E-state index contributed by atoms with van der Waals surface area (Å²) in [5, 5.41) is 0. The molecule has 9 rings (SSSR count). The molecule has 6 heteroatoms. The van der Waals surface area contributed by atoms with E-state index in [0.717, 1.165) is 19.6 Å². The van der Waals surface area contributed by atoms with Crippen LogP contribution in [0, 0.1) is 0 Å². The average molecular weight is 1010 g/mol. The van der Waals surface area contributed by atoms with E-state index in [9.17, 15) is 0 Å². The number of benzene rings is 6. The summed E-state index contributed by atoms with van der Waals surface area (Å²) >= 11 is 5.73. The number of hydrogen-bond donors (Lipinski definition) is 0. The lowest BCUT2D eigenvalue weighted by Gasteiger charge is -2.34. The van der Waals surface area contributed by atoms with Crippen LogP contribution in [0.3, 0.4) is 0 Å². The summed E-state index contributed by atoms with van der Waals surface area (Å²) in [6, 6.07) is 43.9. The monoisotopic (exact) mass is 1010 g/mol. The van der Waals surface area contributed by atoms with Crippen molar-refractivity contribution in [3.05, 3.63) is 150 Å². The van der Waals surface area contributed by atoms with Crippen LogP contribution in [-0.4, -0.2) is 19.6 Å². The molecule has 0 amide bonds. The lowest BCUT2D eigenvalue weighted by Crippen LogP contribution is -2.22. The standard InChI is InChI=1S/C66H77N3S3/c1-5-9-12-15-18-23-43-67-55-28-21-22-30-61(55)70-62-46-50(35-39-56(62)67)31-32-51-36-40-57-63(47-51)71-64-48-52(37-41-58(64)68(57)44-24-19-16-13-10-6-2)33-34-53-38-42-59-65(49-53)72-66-54(8-4)27-26-29-60(66)69(59)45-25-20-17-14-11-7-3/h8,21-22,26-42,46-49H,4-7,9-20,23-25,43-45H2,1-3H3/b32-31+,34-33+. The molecule has 0 bridgehead atoms. The number of unbranched alkanes of at least 4 members (excludes halogenated alkanes) is 15. The zero-order valence-corrected chi connectivity index (χ0v) is 45.9.